The van der Waals surface area contributed by atoms with Crippen LogP contribution in [0.1, 0.15) is 57.8 Å². The van der Waals surface area contributed by atoms with E-state index >= 15 is 0 Å². The quantitative estimate of drug-likeness (QED) is 0.721. The van der Waals surface area contributed by atoms with Crippen LogP contribution in [0.2, 0.25) is 0 Å². The van der Waals surface area contributed by atoms with Crippen molar-refractivity contribution >= 4 is 29.1 Å². The Bertz CT molecular complexity index is 658. The lowest BCUT2D eigenvalue weighted by atomic mass is 9.82. The summed E-state index contributed by atoms with van der Waals surface area (Å²) in [7, 11) is 1.69. The maximum Gasteiger partial charge on any atom is 0.313 e. The number of rotatable bonds is 7. The number of nitrogens with one attached hydrogen (secondary N) is 1. The van der Waals surface area contributed by atoms with Gasteiger partial charge in [0.25, 0.3) is 5.91 Å². The van der Waals surface area contributed by atoms with Gasteiger partial charge in [-0.1, -0.05) is 18.9 Å². The molecule has 0 saturated heterocycles. The summed E-state index contributed by atoms with van der Waals surface area (Å²) >= 11 is 1.58. The van der Waals surface area contributed by atoms with Crippen LogP contribution in [0.3, 0.4) is 0 Å². The van der Waals surface area contributed by atoms with E-state index < -0.39 is 11.4 Å². The van der Waals surface area contributed by atoms with Crippen LogP contribution in [-0.2, 0) is 25.7 Å². The Labute approximate surface area is 165 Å². The van der Waals surface area contributed by atoms with Crippen molar-refractivity contribution in [2.24, 2.45) is 5.41 Å². The van der Waals surface area contributed by atoms with Gasteiger partial charge in [-0.15, -0.1) is 11.3 Å². The second-order valence-electron chi connectivity index (χ2n) is 8.37. The van der Waals surface area contributed by atoms with Crippen LogP contribution in [0.4, 0.5) is 0 Å². The molecule has 0 bridgehead atoms. The zero-order chi connectivity index (χ0) is 20.1. The standard InChI is InChI=1S/C20H30N2O4S/c1-19(2,3)21-16(23)12-20(9-5-6-10-20)18(25)26-14-17(24)22(4)13-15-8-7-11-27-15/h7-8,11H,5-6,9-10,12-14H2,1-4H3,(H,21,23). The third-order valence-electron chi connectivity index (χ3n) is 4.73. The van der Waals surface area contributed by atoms with E-state index in [-0.39, 0.29) is 30.4 Å². The number of nitrogens with zero attached hydrogens (tertiary/aromatic N) is 1. The number of ether oxygens (including phenoxy) is 1. The fraction of sp³-hybridized carbons (Fsp3) is 0.650. The smallest absolute Gasteiger partial charge is 0.313 e. The van der Waals surface area contributed by atoms with E-state index in [4.69, 9.17) is 4.74 Å². The Morgan fingerprint density at radius 2 is 1.93 bits per heavy atom. The van der Waals surface area contributed by atoms with Crippen molar-refractivity contribution in [2.75, 3.05) is 13.7 Å². The summed E-state index contributed by atoms with van der Waals surface area (Å²) in [5, 5.41) is 4.87. The van der Waals surface area contributed by atoms with Gasteiger partial charge in [0.2, 0.25) is 5.91 Å². The molecule has 0 atom stereocenters. The number of carbonyl (C=O) groups is 3. The van der Waals surface area contributed by atoms with Gasteiger partial charge < -0.3 is 15.0 Å². The third-order valence-corrected chi connectivity index (χ3v) is 5.59. The summed E-state index contributed by atoms with van der Waals surface area (Å²) < 4.78 is 5.36. The first kappa shape index (κ1) is 21.4. The molecular weight excluding hydrogens is 364 g/mol. The SMILES string of the molecule is CN(Cc1cccs1)C(=O)COC(=O)C1(CC(=O)NC(C)(C)C)CCCC1. The zero-order valence-electron chi connectivity index (χ0n) is 16.7. The topological polar surface area (TPSA) is 75.7 Å². The van der Waals surface area contributed by atoms with Crippen LogP contribution < -0.4 is 5.32 Å². The molecule has 1 aliphatic carbocycles. The molecule has 0 aromatic carbocycles. The van der Waals surface area contributed by atoms with Gasteiger partial charge in [-0.2, -0.15) is 0 Å². The highest BCUT2D eigenvalue weighted by Gasteiger charge is 2.44. The zero-order valence-corrected chi connectivity index (χ0v) is 17.5. The summed E-state index contributed by atoms with van der Waals surface area (Å²) in [6.45, 7) is 5.93. The Balaban J connectivity index is 1.90. The van der Waals surface area contributed by atoms with Gasteiger partial charge in [-0.05, 0) is 45.1 Å². The molecule has 7 heteroatoms. The second kappa shape index (κ2) is 8.87. The van der Waals surface area contributed by atoms with Crippen LogP contribution in [-0.4, -0.2) is 41.9 Å². The van der Waals surface area contributed by atoms with Crippen molar-refractivity contribution < 1.29 is 19.1 Å². The van der Waals surface area contributed by atoms with E-state index in [1.807, 2.05) is 38.3 Å². The molecule has 0 unspecified atom stereocenters. The predicted octanol–water partition coefficient (Wildman–Crippen LogP) is 3.11. The van der Waals surface area contributed by atoms with E-state index in [1.54, 1.807) is 23.3 Å². The van der Waals surface area contributed by atoms with E-state index in [1.165, 1.54) is 0 Å². The van der Waals surface area contributed by atoms with Crippen LogP contribution in [0.5, 0.6) is 0 Å². The Morgan fingerprint density at radius 3 is 2.48 bits per heavy atom. The lowest BCUT2D eigenvalue weighted by Gasteiger charge is -2.28. The molecular formula is C20H30N2O4S. The van der Waals surface area contributed by atoms with E-state index in [2.05, 4.69) is 5.32 Å². The van der Waals surface area contributed by atoms with Crippen molar-refractivity contribution in [3.05, 3.63) is 22.4 Å². The Hall–Kier alpha value is -1.89. The summed E-state index contributed by atoms with van der Waals surface area (Å²) in [5.41, 5.74) is -1.15. The average Bonchev–Trinajstić information content (AvgIpc) is 3.22. The molecule has 1 fully saturated rings. The van der Waals surface area contributed by atoms with Crippen LogP contribution in [0.25, 0.3) is 0 Å². The molecule has 1 heterocycles. The summed E-state index contributed by atoms with van der Waals surface area (Å²) in [6.07, 6.45) is 3.15. The molecule has 0 aliphatic heterocycles. The molecule has 0 radical (unpaired) electrons. The highest BCUT2D eigenvalue weighted by molar-refractivity contribution is 7.09. The number of thiophene rings is 1. The molecule has 0 spiro atoms. The minimum Gasteiger partial charge on any atom is -0.455 e. The highest BCUT2D eigenvalue weighted by atomic mass is 32.1. The van der Waals surface area contributed by atoms with Crippen LogP contribution in [0.15, 0.2) is 17.5 Å². The van der Waals surface area contributed by atoms with Crippen LogP contribution in [0, 0.1) is 5.41 Å². The van der Waals surface area contributed by atoms with E-state index in [0.29, 0.717) is 19.4 Å². The summed E-state index contributed by atoms with van der Waals surface area (Å²) in [5.74, 6) is -0.825. The highest BCUT2D eigenvalue weighted by Crippen LogP contribution is 2.42. The predicted molar refractivity (Wildman–Crippen MR) is 105 cm³/mol. The second-order valence-corrected chi connectivity index (χ2v) is 9.40. The van der Waals surface area contributed by atoms with Crippen molar-refractivity contribution in [3.63, 3.8) is 0 Å². The number of esters is 1. The first-order valence-corrected chi connectivity index (χ1v) is 10.2. The summed E-state index contributed by atoms with van der Waals surface area (Å²) in [4.78, 5) is 40.0. The minimum absolute atomic E-state index is 0.113. The number of hydrogen-bond acceptors (Lipinski definition) is 5. The Morgan fingerprint density at radius 1 is 1.26 bits per heavy atom. The Kier molecular flexibility index (Phi) is 7.03. The molecule has 27 heavy (non-hydrogen) atoms. The number of carbonyl (C=O) groups excluding carboxylic acids is 3. The third kappa shape index (κ3) is 6.34. The molecule has 1 aliphatic rings. The van der Waals surface area contributed by atoms with Gasteiger partial charge in [0.05, 0.1) is 12.0 Å². The lowest BCUT2D eigenvalue weighted by Crippen LogP contribution is -2.44. The molecule has 1 aromatic heterocycles. The van der Waals surface area contributed by atoms with Crippen molar-refractivity contribution in [2.45, 2.75) is 65.0 Å². The molecule has 2 amide bonds. The maximum absolute atomic E-state index is 12.7. The molecule has 1 N–H and O–H groups in total. The average molecular weight is 395 g/mol. The summed E-state index contributed by atoms with van der Waals surface area (Å²) in [6, 6.07) is 3.90. The molecule has 1 aromatic rings. The van der Waals surface area contributed by atoms with E-state index in [9.17, 15) is 14.4 Å². The van der Waals surface area contributed by atoms with Gasteiger partial charge in [0, 0.05) is 23.9 Å². The van der Waals surface area contributed by atoms with Gasteiger partial charge >= 0.3 is 5.97 Å². The fourth-order valence-corrected chi connectivity index (χ4v) is 4.15. The minimum atomic E-state index is -0.804. The van der Waals surface area contributed by atoms with Gasteiger partial charge in [0.15, 0.2) is 6.61 Å². The fourth-order valence-electron chi connectivity index (χ4n) is 3.39. The first-order chi connectivity index (χ1) is 12.6. The maximum atomic E-state index is 12.7. The molecule has 2 rings (SSSR count). The molecule has 6 nitrogen and oxygen atoms in total. The van der Waals surface area contributed by atoms with Crippen molar-refractivity contribution in [3.8, 4) is 0 Å². The van der Waals surface area contributed by atoms with Gasteiger partial charge in [-0.3, -0.25) is 14.4 Å². The normalized spacial score (nSPS) is 16.0. The van der Waals surface area contributed by atoms with Crippen molar-refractivity contribution in [1.82, 2.24) is 10.2 Å². The van der Waals surface area contributed by atoms with Crippen LogP contribution >= 0.6 is 11.3 Å². The molecule has 1 saturated carbocycles. The molecule has 150 valence electrons. The number of amides is 2. The lowest BCUT2D eigenvalue weighted by molar-refractivity contribution is -0.162. The van der Waals surface area contributed by atoms with Gasteiger partial charge in [0.1, 0.15) is 0 Å². The van der Waals surface area contributed by atoms with Gasteiger partial charge in [-0.25, -0.2) is 0 Å². The van der Waals surface area contributed by atoms with Crippen molar-refractivity contribution in [1.29, 1.82) is 0 Å². The monoisotopic (exact) mass is 394 g/mol. The number of hydrogen-bond donors (Lipinski definition) is 1. The number of likely N-dealkylation sites (N-methyl/N-ethyl adjacent to an activating group) is 1. The van der Waals surface area contributed by atoms with E-state index in [0.717, 1.165) is 17.7 Å². The first-order valence-electron chi connectivity index (χ1n) is 9.36. The largest absolute Gasteiger partial charge is 0.455 e.